The molecular formula is C11H21N. The van der Waals surface area contributed by atoms with Crippen molar-refractivity contribution in [1.29, 1.82) is 0 Å². The van der Waals surface area contributed by atoms with Crippen molar-refractivity contribution in [2.45, 2.75) is 46.6 Å². The van der Waals surface area contributed by atoms with Gasteiger partial charge >= 0.3 is 0 Å². The highest BCUT2D eigenvalue weighted by Crippen LogP contribution is 2.20. The largest absolute Gasteiger partial charge is 0.304 e. The van der Waals surface area contributed by atoms with E-state index in [-0.39, 0.29) is 6.04 Å². The normalized spacial score (nSPS) is 13.9. The maximum absolute atomic E-state index is 5.41. The molecule has 0 amide bonds. The van der Waals surface area contributed by atoms with E-state index < -0.39 is 0 Å². The predicted molar refractivity (Wildman–Crippen MR) is 55.0 cm³/mol. The summed E-state index contributed by atoms with van der Waals surface area (Å²) in [5.41, 5.74) is 0.317. The monoisotopic (exact) mass is 167 g/mol. The van der Waals surface area contributed by atoms with Gasteiger partial charge in [-0.05, 0) is 24.8 Å². The molecule has 0 aliphatic carbocycles. The Balaban J connectivity index is 3.78. The van der Waals surface area contributed by atoms with Gasteiger partial charge in [0.25, 0.3) is 0 Å². The molecule has 0 spiro atoms. The van der Waals surface area contributed by atoms with E-state index in [1.54, 1.807) is 0 Å². The molecule has 1 unspecified atom stereocenters. The number of hydrogen-bond donors (Lipinski definition) is 1. The summed E-state index contributed by atoms with van der Waals surface area (Å²) < 4.78 is 0. The van der Waals surface area contributed by atoms with Gasteiger partial charge in [0.15, 0.2) is 0 Å². The van der Waals surface area contributed by atoms with E-state index in [4.69, 9.17) is 6.42 Å². The van der Waals surface area contributed by atoms with E-state index in [9.17, 15) is 0 Å². The molecule has 1 nitrogen and oxygen atoms in total. The third-order valence-electron chi connectivity index (χ3n) is 1.66. The van der Waals surface area contributed by atoms with Crippen molar-refractivity contribution in [2.24, 2.45) is 5.41 Å². The van der Waals surface area contributed by atoms with Crippen molar-refractivity contribution in [1.82, 2.24) is 5.32 Å². The fourth-order valence-corrected chi connectivity index (χ4v) is 1.12. The summed E-state index contributed by atoms with van der Waals surface area (Å²) in [4.78, 5) is 0. The Morgan fingerprint density at radius 3 is 2.33 bits per heavy atom. The molecular weight excluding hydrogens is 146 g/mol. The van der Waals surface area contributed by atoms with Crippen molar-refractivity contribution in [2.75, 3.05) is 6.54 Å². The van der Waals surface area contributed by atoms with Crippen LogP contribution in [0.4, 0.5) is 0 Å². The molecule has 0 radical (unpaired) electrons. The van der Waals surface area contributed by atoms with E-state index in [1.165, 1.54) is 0 Å². The topological polar surface area (TPSA) is 12.0 Å². The summed E-state index contributed by atoms with van der Waals surface area (Å²) in [6.45, 7) is 9.81. The molecule has 0 aliphatic rings. The Labute approximate surface area is 76.9 Å². The molecule has 1 N–H and O–H groups in total. The second-order valence-corrected chi connectivity index (χ2v) is 4.44. The quantitative estimate of drug-likeness (QED) is 0.634. The minimum Gasteiger partial charge on any atom is -0.304 e. The first-order valence-electron chi connectivity index (χ1n) is 4.69. The van der Waals surface area contributed by atoms with Gasteiger partial charge in [-0.25, -0.2) is 0 Å². The van der Waals surface area contributed by atoms with Crippen molar-refractivity contribution in [3.8, 4) is 12.3 Å². The molecule has 0 fully saturated rings. The molecule has 0 saturated carbocycles. The minimum atomic E-state index is 0.241. The van der Waals surface area contributed by atoms with Crippen molar-refractivity contribution in [3.63, 3.8) is 0 Å². The van der Waals surface area contributed by atoms with Gasteiger partial charge in [0.05, 0.1) is 6.04 Å². The first kappa shape index (κ1) is 11.5. The molecule has 0 saturated heterocycles. The number of terminal acetylenes is 1. The summed E-state index contributed by atoms with van der Waals surface area (Å²) in [6, 6.07) is 0.241. The minimum absolute atomic E-state index is 0.241. The van der Waals surface area contributed by atoms with Gasteiger partial charge < -0.3 is 5.32 Å². The highest BCUT2D eigenvalue weighted by atomic mass is 14.9. The Bertz CT molecular complexity index is 147. The Morgan fingerprint density at radius 2 is 2.00 bits per heavy atom. The first-order valence-corrected chi connectivity index (χ1v) is 4.69. The zero-order valence-electron chi connectivity index (χ0n) is 8.78. The van der Waals surface area contributed by atoms with Gasteiger partial charge in [0.1, 0.15) is 0 Å². The molecule has 0 aliphatic heterocycles. The number of hydrogen-bond acceptors (Lipinski definition) is 1. The average molecular weight is 167 g/mol. The molecule has 0 heterocycles. The molecule has 0 aromatic rings. The average Bonchev–Trinajstić information content (AvgIpc) is 1.95. The first-order chi connectivity index (χ1) is 5.49. The molecule has 1 heteroatoms. The Hall–Kier alpha value is -0.480. The lowest BCUT2D eigenvalue weighted by molar-refractivity contribution is 0.340. The second kappa shape index (κ2) is 5.22. The Morgan fingerprint density at radius 1 is 1.42 bits per heavy atom. The van der Waals surface area contributed by atoms with Crippen LogP contribution in [0.25, 0.3) is 0 Å². The van der Waals surface area contributed by atoms with Gasteiger partial charge in [-0.15, -0.1) is 6.42 Å². The van der Waals surface area contributed by atoms with E-state index in [0.717, 1.165) is 19.4 Å². The zero-order valence-corrected chi connectivity index (χ0v) is 8.78. The van der Waals surface area contributed by atoms with Crippen LogP contribution >= 0.6 is 0 Å². The van der Waals surface area contributed by atoms with Gasteiger partial charge in [-0.2, -0.15) is 0 Å². The van der Waals surface area contributed by atoms with Crippen LogP contribution in [0.15, 0.2) is 0 Å². The van der Waals surface area contributed by atoms with Crippen LogP contribution in [-0.4, -0.2) is 12.6 Å². The fourth-order valence-electron chi connectivity index (χ4n) is 1.12. The molecule has 0 aromatic carbocycles. The van der Waals surface area contributed by atoms with E-state index in [0.29, 0.717) is 5.41 Å². The highest BCUT2D eigenvalue weighted by molar-refractivity contribution is 5.00. The lowest BCUT2D eigenvalue weighted by atomic mass is 9.88. The van der Waals surface area contributed by atoms with Crippen LogP contribution in [0.2, 0.25) is 0 Å². The van der Waals surface area contributed by atoms with Crippen LogP contribution in [-0.2, 0) is 0 Å². The molecule has 70 valence electrons. The molecule has 0 aromatic heterocycles. The van der Waals surface area contributed by atoms with Crippen LogP contribution in [0, 0.1) is 17.8 Å². The van der Waals surface area contributed by atoms with E-state index >= 15 is 0 Å². The van der Waals surface area contributed by atoms with Crippen LogP contribution in [0.5, 0.6) is 0 Å². The Kier molecular flexibility index (Phi) is 5.01. The molecule has 0 rings (SSSR count). The smallest absolute Gasteiger partial charge is 0.0691 e. The maximum atomic E-state index is 5.41. The van der Waals surface area contributed by atoms with Gasteiger partial charge in [-0.3, -0.25) is 0 Å². The number of nitrogens with one attached hydrogen (secondary N) is 1. The maximum Gasteiger partial charge on any atom is 0.0691 e. The van der Waals surface area contributed by atoms with Crippen LogP contribution in [0.3, 0.4) is 0 Å². The lowest BCUT2D eigenvalue weighted by Crippen LogP contribution is -2.32. The van der Waals surface area contributed by atoms with Gasteiger partial charge in [0, 0.05) is 0 Å². The standard InChI is InChI=1S/C11H21N/c1-6-8-12-10(7-2)9-11(3,4)5/h2,10,12H,6,8-9H2,1,3-5H3. The molecule has 1 atom stereocenters. The summed E-state index contributed by atoms with van der Waals surface area (Å²) in [5, 5.41) is 3.34. The summed E-state index contributed by atoms with van der Waals surface area (Å²) in [7, 11) is 0. The lowest BCUT2D eigenvalue weighted by Gasteiger charge is -2.23. The van der Waals surface area contributed by atoms with Gasteiger partial charge in [-0.1, -0.05) is 33.6 Å². The van der Waals surface area contributed by atoms with Crippen LogP contribution in [0.1, 0.15) is 40.5 Å². The summed E-state index contributed by atoms with van der Waals surface area (Å²) >= 11 is 0. The predicted octanol–water partition coefficient (Wildman–Crippen LogP) is 2.42. The highest BCUT2D eigenvalue weighted by Gasteiger charge is 2.15. The summed E-state index contributed by atoms with van der Waals surface area (Å²) in [5.74, 6) is 2.78. The fraction of sp³-hybridized carbons (Fsp3) is 0.818. The second-order valence-electron chi connectivity index (χ2n) is 4.44. The van der Waals surface area contributed by atoms with Crippen molar-refractivity contribution >= 4 is 0 Å². The van der Waals surface area contributed by atoms with Crippen molar-refractivity contribution in [3.05, 3.63) is 0 Å². The zero-order chi connectivity index (χ0) is 9.61. The van der Waals surface area contributed by atoms with Crippen molar-refractivity contribution < 1.29 is 0 Å². The van der Waals surface area contributed by atoms with Crippen LogP contribution < -0.4 is 5.32 Å². The molecule has 12 heavy (non-hydrogen) atoms. The number of rotatable bonds is 4. The third kappa shape index (κ3) is 6.24. The molecule has 0 bridgehead atoms. The van der Waals surface area contributed by atoms with Gasteiger partial charge in [0.2, 0.25) is 0 Å². The third-order valence-corrected chi connectivity index (χ3v) is 1.66. The van der Waals surface area contributed by atoms with E-state index in [1.807, 2.05) is 0 Å². The summed E-state index contributed by atoms with van der Waals surface area (Å²) in [6.07, 6.45) is 7.59. The van der Waals surface area contributed by atoms with E-state index in [2.05, 4.69) is 38.9 Å². The SMILES string of the molecule is C#CC(CC(C)(C)C)NCCC.